The van der Waals surface area contributed by atoms with Gasteiger partial charge in [0.1, 0.15) is 0 Å². The van der Waals surface area contributed by atoms with Crippen molar-refractivity contribution >= 4 is 11.9 Å². The molecule has 0 bridgehead atoms. The number of carbonyl (C=O) groups is 2. The maximum absolute atomic E-state index is 11.8. The minimum absolute atomic E-state index is 0.0789. The minimum atomic E-state index is -0.917. The molecule has 2 aliphatic rings. The molecule has 2 rings (SSSR count). The van der Waals surface area contributed by atoms with E-state index in [1.54, 1.807) is 31.4 Å². The van der Waals surface area contributed by atoms with Crippen LogP contribution in [-0.4, -0.2) is 29.0 Å². The first-order valence-electron chi connectivity index (χ1n) is 4.93. The molecule has 1 aliphatic heterocycles. The van der Waals surface area contributed by atoms with Gasteiger partial charge in [0.15, 0.2) is 0 Å². The Morgan fingerprint density at radius 2 is 2.31 bits per heavy atom. The SMILES string of the molecule is CN1NC(CC(=O)O)=C2C=CC=CC2C1=O. The Bertz CT molecular complexity index is 435. The van der Waals surface area contributed by atoms with Crippen molar-refractivity contribution in [3.05, 3.63) is 35.6 Å². The van der Waals surface area contributed by atoms with E-state index in [1.165, 1.54) is 5.01 Å². The number of nitrogens with one attached hydrogen (secondary N) is 1. The van der Waals surface area contributed by atoms with Crippen molar-refractivity contribution in [2.75, 3.05) is 7.05 Å². The Kier molecular flexibility index (Phi) is 2.52. The molecule has 0 radical (unpaired) electrons. The summed E-state index contributed by atoms with van der Waals surface area (Å²) in [5.74, 6) is -1.35. The molecular formula is C11H12N2O3. The zero-order chi connectivity index (χ0) is 11.7. The van der Waals surface area contributed by atoms with Crippen molar-refractivity contribution in [2.24, 2.45) is 5.92 Å². The fraction of sp³-hybridized carbons (Fsp3) is 0.273. The van der Waals surface area contributed by atoms with Crippen molar-refractivity contribution in [3.8, 4) is 0 Å². The quantitative estimate of drug-likeness (QED) is 0.708. The molecule has 0 aromatic rings. The van der Waals surface area contributed by atoms with Crippen LogP contribution in [0.2, 0.25) is 0 Å². The summed E-state index contributed by atoms with van der Waals surface area (Å²) in [6.07, 6.45) is 7.04. The van der Waals surface area contributed by atoms with E-state index < -0.39 is 5.97 Å². The molecule has 0 aromatic heterocycles. The maximum atomic E-state index is 11.8. The van der Waals surface area contributed by atoms with Crippen LogP contribution < -0.4 is 5.43 Å². The van der Waals surface area contributed by atoms with Gasteiger partial charge >= 0.3 is 5.97 Å². The molecule has 1 aliphatic carbocycles. The van der Waals surface area contributed by atoms with Crippen molar-refractivity contribution in [1.29, 1.82) is 0 Å². The molecule has 0 fully saturated rings. The number of carbonyl (C=O) groups excluding carboxylic acids is 1. The highest BCUT2D eigenvalue weighted by atomic mass is 16.4. The van der Waals surface area contributed by atoms with Gasteiger partial charge in [0, 0.05) is 12.7 Å². The molecule has 1 amide bonds. The van der Waals surface area contributed by atoms with E-state index in [-0.39, 0.29) is 18.2 Å². The van der Waals surface area contributed by atoms with E-state index >= 15 is 0 Å². The predicted octanol–water partition coefficient (Wildman–Crippen LogP) is 0.434. The molecule has 1 unspecified atom stereocenters. The monoisotopic (exact) mass is 220 g/mol. The number of hydrazine groups is 1. The van der Waals surface area contributed by atoms with Gasteiger partial charge in [-0.15, -0.1) is 0 Å². The second-order valence-electron chi connectivity index (χ2n) is 3.74. The van der Waals surface area contributed by atoms with Crippen LogP contribution in [0.3, 0.4) is 0 Å². The number of amides is 1. The Labute approximate surface area is 92.7 Å². The van der Waals surface area contributed by atoms with E-state index in [2.05, 4.69) is 5.43 Å². The molecule has 1 heterocycles. The van der Waals surface area contributed by atoms with Crippen LogP contribution in [0.25, 0.3) is 0 Å². The highest BCUT2D eigenvalue weighted by molar-refractivity contribution is 5.86. The number of aliphatic carboxylic acids is 1. The average molecular weight is 220 g/mol. The molecule has 0 aromatic carbocycles. The largest absolute Gasteiger partial charge is 0.481 e. The van der Waals surface area contributed by atoms with Crippen LogP contribution in [0.5, 0.6) is 0 Å². The molecule has 16 heavy (non-hydrogen) atoms. The van der Waals surface area contributed by atoms with E-state index in [4.69, 9.17) is 5.11 Å². The van der Waals surface area contributed by atoms with Crippen molar-refractivity contribution < 1.29 is 14.7 Å². The summed E-state index contributed by atoms with van der Waals surface area (Å²) in [5.41, 5.74) is 4.11. The predicted molar refractivity (Wildman–Crippen MR) is 57.0 cm³/mol. The summed E-state index contributed by atoms with van der Waals surface area (Å²) >= 11 is 0. The third-order valence-electron chi connectivity index (χ3n) is 2.60. The van der Waals surface area contributed by atoms with Gasteiger partial charge in [-0.05, 0) is 5.57 Å². The molecule has 0 spiro atoms. The van der Waals surface area contributed by atoms with E-state index in [9.17, 15) is 9.59 Å². The normalized spacial score (nSPS) is 23.2. The molecule has 0 saturated heterocycles. The summed E-state index contributed by atoms with van der Waals surface area (Å²) < 4.78 is 0. The van der Waals surface area contributed by atoms with Gasteiger partial charge in [0.05, 0.1) is 12.3 Å². The molecule has 1 atom stereocenters. The second kappa shape index (κ2) is 3.84. The fourth-order valence-electron chi connectivity index (χ4n) is 1.87. The van der Waals surface area contributed by atoms with E-state index in [1.807, 2.05) is 0 Å². The smallest absolute Gasteiger partial charge is 0.309 e. The van der Waals surface area contributed by atoms with Crippen molar-refractivity contribution in [2.45, 2.75) is 6.42 Å². The number of nitrogens with zero attached hydrogens (tertiary/aromatic N) is 1. The number of hydrogen-bond donors (Lipinski definition) is 2. The molecular weight excluding hydrogens is 208 g/mol. The number of fused-ring (bicyclic) bond motifs is 1. The Morgan fingerprint density at radius 1 is 1.56 bits per heavy atom. The lowest BCUT2D eigenvalue weighted by Crippen LogP contribution is -2.48. The first-order valence-corrected chi connectivity index (χ1v) is 4.93. The number of carboxylic acids is 1. The van der Waals surface area contributed by atoms with Crippen LogP contribution in [0.4, 0.5) is 0 Å². The van der Waals surface area contributed by atoms with Crippen LogP contribution >= 0.6 is 0 Å². The van der Waals surface area contributed by atoms with Gasteiger partial charge in [-0.25, -0.2) is 0 Å². The van der Waals surface area contributed by atoms with Gasteiger partial charge in [-0.1, -0.05) is 24.3 Å². The third-order valence-corrected chi connectivity index (χ3v) is 2.60. The van der Waals surface area contributed by atoms with E-state index in [0.717, 1.165) is 5.57 Å². The lowest BCUT2D eigenvalue weighted by Gasteiger charge is -2.33. The summed E-state index contributed by atoms with van der Waals surface area (Å²) in [6.45, 7) is 0. The molecule has 2 N–H and O–H groups in total. The first-order chi connectivity index (χ1) is 7.59. The molecule has 5 nitrogen and oxygen atoms in total. The number of hydrogen-bond acceptors (Lipinski definition) is 3. The lowest BCUT2D eigenvalue weighted by atomic mass is 9.89. The minimum Gasteiger partial charge on any atom is -0.481 e. The highest BCUT2D eigenvalue weighted by Crippen LogP contribution is 2.27. The average Bonchev–Trinajstić information content (AvgIpc) is 2.25. The van der Waals surface area contributed by atoms with Gasteiger partial charge in [-0.2, -0.15) is 0 Å². The third kappa shape index (κ3) is 1.71. The maximum Gasteiger partial charge on any atom is 0.309 e. The number of allylic oxidation sites excluding steroid dienone is 3. The van der Waals surface area contributed by atoms with Gasteiger partial charge in [0.25, 0.3) is 5.91 Å². The van der Waals surface area contributed by atoms with Gasteiger partial charge in [0.2, 0.25) is 0 Å². The zero-order valence-corrected chi connectivity index (χ0v) is 8.80. The lowest BCUT2D eigenvalue weighted by molar-refractivity contribution is -0.139. The van der Waals surface area contributed by atoms with E-state index in [0.29, 0.717) is 5.70 Å². The molecule has 84 valence electrons. The molecule has 0 saturated carbocycles. The number of carboxylic acid groups (broad SMARTS) is 1. The van der Waals surface area contributed by atoms with Gasteiger partial charge in [-0.3, -0.25) is 20.0 Å². The summed E-state index contributed by atoms with van der Waals surface area (Å²) in [6, 6.07) is 0. The zero-order valence-electron chi connectivity index (χ0n) is 8.80. The standard InChI is InChI=1S/C11H12N2O3/c1-13-11(16)8-5-3-2-4-7(8)9(12-13)6-10(14)15/h2-5,8,12H,6H2,1H3,(H,14,15). The topological polar surface area (TPSA) is 69.6 Å². The van der Waals surface area contributed by atoms with Crippen molar-refractivity contribution in [1.82, 2.24) is 10.4 Å². The van der Waals surface area contributed by atoms with Crippen LogP contribution in [0.1, 0.15) is 6.42 Å². The van der Waals surface area contributed by atoms with Crippen LogP contribution in [0.15, 0.2) is 35.6 Å². The number of rotatable bonds is 2. The Morgan fingerprint density at radius 3 is 3.00 bits per heavy atom. The van der Waals surface area contributed by atoms with Crippen LogP contribution in [0, 0.1) is 5.92 Å². The summed E-state index contributed by atoms with van der Waals surface area (Å²) in [5, 5.41) is 10.1. The Hall–Kier alpha value is -2.04. The van der Waals surface area contributed by atoms with Gasteiger partial charge < -0.3 is 5.11 Å². The van der Waals surface area contributed by atoms with Crippen molar-refractivity contribution in [3.63, 3.8) is 0 Å². The fourth-order valence-corrected chi connectivity index (χ4v) is 1.87. The molecule has 5 heteroatoms. The van der Waals surface area contributed by atoms with Crippen LogP contribution in [-0.2, 0) is 9.59 Å². The first kappa shape index (κ1) is 10.5. The summed E-state index contributed by atoms with van der Waals surface area (Å²) in [4.78, 5) is 22.5. The second-order valence-corrected chi connectivity index (χ2v) is 3.74. The highest BCUT2D eigenvalue weighted by Gasteiger charge is 2.31. The summed E-state index contributed by atoms with van der Waals surface area (Å²) in [7, 11) is 1.59. The Balaban J connectivity index is 2.40.